The van der Waals surface area contributed by atoms with Crippen LogP contribution in [0.1, 0.15) is 16.7 Å². The van der Waals surface area contributed by atoms with Crippen LogP contribution in [0, 0.1) is 0 Å². The molecule has 0 radical (unpaired) electrons. The maximum atomic E-state index is 11.4. The van der Waals surface area contributed by atoms with E-state index in [0.717, 1.165) is 5.56 Å². The van der Waals surface area contributed by atoms with Crippen LogP contribution in [0.2, 0.25) is 0 Å². The predicted molar refractivity (Wildman–Crippen MR) is 80.5 cm³/mol. The van der Waals surface area contributed by atoms with E-state index >= 15 is 0 Å². The SMILES string of the molecule is C=Cc1ccc(C(=Cc2ccccc2)S(=O)(=O)[O-])cc1.[Na+]. The summed E-state index contributed by atoms with van der Waals surface area (Å²) in [6.07, 6.45) is 3.03. The van der Waals surface area contributed by atoms with Crippen molar-refractivity contribution in [2.24, 2.45) is 0 Å². The Bertz CT molecular complexity index is 733. The van der Waals surface area contributed by atoms with Gasteiger partial charge >= 0.3 is 29.6 Å². The quantitative estimate of drug-likeness (QED) is 0.466. The van der Waals surface area contributed by atoms with Crippen LogP contribution in [-0.4, -0.2) is 13.0 Å². The van der Waals surface area contributed by atoms with Gasteiger partial charge in [0.1, 0.15) is 10.1 Å². The fourth-order valence-electron chi connectivity index (χ4n) is 1.78. The van der Waals surface area contributed by atoms with E-state index in [1.807, 2.05) is 6.07 Å². The third-order valence-electron chi connectivity index (χ3n) is 2.80. The second-order valence-corrected chi connectivity index (χ2v) is 5.55. The van der Waals surface area contributed by atoms with Crippen molar-refractivity contribution in [1.82, 2.24) is 0 Å². The van der Waals surface area contributed by atoms with Gasteiger partial charge in [0.15, 0.2) is 0 Å². The Hall–Kier alpha value is -1.17. The van der Waals surface area contributed by atoms with Gasteiger partial charge in [0, 0.05) is 0 Å². The summed E-state index contributed by atoms with van der Waals surface area (Å²) in [4.78, 5) is -0.237. The molecule has 0 fully saturated rings. The average molecular weight is 308 g/mol. The summed E-state index contributed by atoms with van der Waals surface area (Å²) in [5.74, 6) is 0. The van der Waals surface area contributed by atoms with Crippen molar-refractivity contribution < 1.29 is 42.5 Å². The molecule has 0 N–H and O–H groups in total. The fraction of sp³-hybridized carbons (Fsp3) is 0. The van der Waals surface area contributed by atoms with E-state index in [1.165, 1.54) is 6.08 Å². The second-order valence-electron chi connectivity index (χ2n) is 4.20. The van der Waals surface area contributed by atoms with Crippen molar-refractivity contribution in [2.75, 3.05) is 0 Å². The van der Waals surface area contributed by atoms with Gasteiger partial charge in [0.05, 0.1) is 4.91 Å². The van der Waals surface area contributed by atoms with Crippen molar-refractivity contribution in [3.63, 3.8) is 0 Å². The van der Waals surface area contributed by atoms with Gasteiger partial charge in [-0.15, -0.1) is 0 Å². The molecule has 2 aromatic carbocycles. The van der Waals surface area contributed by atoms with Crippen LogP contribution in [-0.2, 0) is 10.1 Å². The molecule has 0 amide bonds. The molecule has 102 valence electrons. The van der Waals surface area contributed by atoms with Crippen LogP contribution in [0.4, 0.5) is 0 Å². The van der Waals surface area contributed by atoms with Crippen LogP contribution < -0.4 is 29.6 Å². The molecule has 0 aliphatic heterocycles. The topological polar surface area (TPSA) is 57.2 Å². The minimum absolute atomic E-state index is 0. The molecule has 0 aromatic heterocycles. The molecular formula is C16H13NaO3S. The number of rotatable bonds is 4. The van der Waals surface area contributed by atoms with E-state index in [4.69, 9.17) is 0 Å². The first-order valence-corrected chi connectivity index (χ1v) is 7.37. The molecule has 0 saturated heterocycles. The van der Waals surface area contributed by atoms with Gasteiger partial charge in [0.2, 0.25) is 0 Å². The van der Waals surface area contributed by atoms with Gasteiger partial charge in [-0.2, -0.15) is 0 Å². The Morgan fingerprint density at radius 1 is 0.952 bits per heavy atom. The zero-order valence-corrected chi connectivity index (χ0v) is 14.5. The Labute approximate surface area is 147 Å². The van der Waals surface area contributed by atoms with Crippen LogP contribution in [0.5, 0.6) is 0 Å². The van der Waals surface area contributed by atoms with Crippen molar-refractivity contribution >= 4 is 27.2 Å². The summed E-state index contributed by atoms with van der Waals surface area (Å²) in [7, 11) is -4.55. The van der Waals surface area contributed by atoms with Crippen molar-refractivity contribution in [3.8, 4) is 0 Å². The first-order valence-electron chi connectivity index (χ1n) is 5.96. The number of benzene rings is 2. The summed E-state index contributed by atoms with van der Waals surface area (Å²) in [6, 6.07) is 15.5. The first-order chi connectivity index (χ1) is 9.50. The summed E-state index contributed by atoms with van der Waals surface area (Å²) in [5.41, 5.74) is 1.89. The minimum atomic E-state index is -4.55. The number of hydrogen-bond donors (Lipinski definition) is 0. The molecule has 0 saturated carbocycles. The molecule has 0 bridgehead atoms. The number of hydrogen-bond acceptors (Lipinski definition) is 3. The van der Waals surface area contributed by atoms with Crippen LogP contribution >= 0.6 is 0 Å². The molecule has 2 rings (SSSR count). The smallest absolute Gasteiger partial charge is 0.744 e. The monoisotopic (exact) mass is 308 g/mol. The molecular weight excluding hydrogens is 295 g/mol. The Morgan fingerprint density at radius 2 is 1.52 bits per heavy atom. The van der Waals surface area contributed by atoms with Crippen molar-refractivity contribution in [2.45, 2.75) is 0 Å². The Balaban J connectivity index is 0.00000220. The molecule has 3 nitrogen and oxygen atoms in total. The van der Waals surface area contributed by atoms with E-state index in [1.54, 1.807) is 54.6 Å². The van der Waals surface area contributed by atoms with Gasteiger partial charge in [0.25, 0.3) is 0 Å². The summed E-state index contributed by atoms with van der Waals surface area (Å²) in [6.45, 7) is 3.63. The molecule has 0 spiro atoms. The van der Waals surface area contributed by atoms with Crippen LogP contribution in [0.3, 0.4) is 0 Å². The van der Waals surface area contributed by atoms with E-state index in [0.29, 0.717) is 11.1 Å². The third kappa shape index (κ3) is 4.95. The molecule has 0 aliphatic carbocycles. The minimum Gasteiger partial charge on any atom is -0.744 e. The van der Waals surface area contributed by atoms with Crippen LogP contribution in [0.15, 0.2) is 61.2 Å². The standard InChI is InChI=1S/C16H14O3S.Na/c1-2-13-8-10-15(11-9-13)16(20(17,18)19)12-14-6-4-3-5-7-14;/h2-12H,1H2,(H,17,18,19);/q;+1/p-1. The third-order valence-corrected chi connectivity index (χ3v) is 3.69. The molecule has 0 aliphatic rings. The predicted octanol–water partition coefficient (Wildman–Crippen LogP) is 0.377. The second kappa shape index (κ2) is 7.73. The maximum absolute atomic E-state index is 11.4. The molecule has 0 heterocycles. The zero-order chi connectivity index (χ0) is 14.6. The van der Waals surface area contributed by atoms with Gasteiger partial charge in [-0.1, -0.05) is 67.3 Å². The fourth-order valence-corrected chi connectivity index (χ4v) is 2.49. The van der Waals surface area contributed by atoms with E-state index < -0.39 is 10.1 Å². The van der Waals surface area contributed by atoms with Crippen LogP contribution in [0.25, 0.3) is 17.1 Å². The molecule has 0 unspecified atom stereocenters. The molecule has 2 aromatic rings. The van der Waals surface area contributed by atoms with Gasteiger partial charge in [-0.3, -0.25) is 0 Å². The largest absolute Gasteiger partial charge is 1.00 e. The van der Waals surface area contributed by atoms with Crippen molar-refractivity contribution in [1.29, 1.82) is 0 Å². The van der Waals surface area contributed by atoms with Gasteiger partial charge < -0.3 is 4.55 Å². The van der Waals surface area contributed by atoms with Gasteiger partial charge in [-0.05, 0) is 22.8 Å². The van der Waals surface area contributed by atoms with Gasteiger partial charge in [-0.25, -0.2) is 8.42 Å². The average Bonchev–Trinajstić information content (AvgIpc) is 2.45. The van der Waals surface area contributed by atoms with E-state index in [-0.39, 0.29) is 34.5 Å². The normalized spacial score (nSPS) is 11.6. The first kappa shape index (κ1) is 17.9. The summed E-state index contributed by atoms with van der Waals surface area (Å²) >= 11 is 0. The maximum Gasteiger partial charge on any atom is 1.00 e. The van der Waals surface area contributed by atoms with Crippen molar-refractivity contribution in [3.05, 3.63) is 77.9 Å². The van der Waals surface area contributed by atoms with E-state index in [9.17, 15) is 13.0 Å². The zero-order valence-electron chi connectivity index (χ0n) is 11.7. The Morgan fingerprint density at radius 3 is 2.00 bits per heavy atom. The van der Waals surface area contributed by atoms with E-state index in [2.05, 4.69) is 6.58 Å². The Kier molecular flexibility index (Phi) is 6.58. The molecule has 21 heavy (non-hydrogen) atoms. The molecule has 0 atom stereocenters. The summed E-state index contributed by atoms with van der Waals surface area (Å²) < 4.78 is 34.3. The molecule has 5 heteroatoms. The summed E-state index contributed by atoms with van der Waals surface area (Å²) in [5, 5.41) is 0.